The molecule has 0 saturated carbocycles. The standard InChI is InChI=1S/C22H35N3O2S/c1-18(28-21-9-4-3-5-10-21)16-24-22(23-2)25-13-11-19(12-14-25)27-17-20-8-6-7-15-26-20/h3-5,9-10,18-20H,6-8,11-17H2,1-2H3,(H,23,24). The van der Waals surface area contributed by atoms with Crippen LogP contribution in [0.4, 0.5) is 0 Å². The Labute approximate surface area is 174 Å². The second-order valence-electron chi connectivity index (χ2n) is 7.68. The average molecular weight is 406 g/mol. The number of likely N-dealkylation sites (tertiary alicyclic amines) is 1. The Hall–Kier alpha value is -1.24. The number of aliphatic imine (C=N–C) groups is 1. The normalized spacial score (nSPS) is 22.9. The number of ether oxygens (including phenoxy) is 2. The smallest absolute Gasteiger partial charge is 0.193 e. The van der Waals surface area contributed by atoms with Gasteiger partial charge in [0, 0.05) is 43.4 Å². The van der Waals surface area contributed by atoms with E-state index in [0.29, 0.717) is 17.5 Å². The molecule has 0 aromatic heterocycles. The number of nitrogens with one attached hydrogen (secondary N) is 1. The summed E-state index contributed by atoms with van der Waals surface area (Å²) >= 11 is 1.90. The molecule has 2 aliphatic rings. The summed E-state index contributed by atoms with van der Waals surface area (Å²) in [5.41, 5.74) is 0. The minimum Gasteiger partial charge on any atom is -0.376 e. The number of rotatable bonds is 7. The topological polar surface area (TPSA) is 46.1 Å². The first-order valence-electron chi connectivity index (χ1n) is 10.6. The van der Waals surface area contributed by atoms with Crippen LogP contribution < -0.4 is 5.32 Å². The molecule has 0 radical (unpaired) electrons. The van der Waals surface area contributed by atoms with Crippen LogP contribution in [0.15, 0.2) is 40.2 Å². The Morgan fingerprint density at radius 2 is 2.04 bits per heavy atom. The molecule has 0 bridgehead atoms. The van der Waals surface area contributed by atoms with Crippen molar-refractivity contribution in [3.05, 3.63) is 30.3 Å². The van der Waals surface area contributed by atoms with Gasteiger partial charge in [0.1, 0.15) is 0 Å². The summed E-state index contributed by atoms with van der Waals surface area (Å²) in [4.78, 5) is 8.17. The summed E-state index contributed by atoms with van der Waals surface area (Å²) in [6, 6.07) is 10.6. The molecule has 1 N–H and O–H groups in total. The van der Waals surface area contributed by atoms with Gasteiger partial charge in [-0.3, -0.25) is 4.99 Å². The Morgan fingerprint density at radius 3 is 2.71 bits per heavy atom. The number of thioether (sulfide) groups is 1. The summed E-state index contributed by atoms with van der Waals surface area (Å²) in [7, 11) is 1.88. The van der Waals surface area contributed by atoms with Crippen molar-refractivity contribution in [3.63, 3.8) is 0 Å². The first-order valence-corrected chi connectivity index (χ1v) is 11.5. The van der Waals surface area contributed by atoms with Crippen molar-refractivity contribution in [2.24, 2.45) is 4.99 Å². The van der Waals surface area contributed by atoms with Gasteiger partial charge in [0.25, 0.3) is 0 Å². The van der Waals surface area contributed by atoms with Crippen LogP contribution in [-0.4, -0.2) is 68.2 Å². The summed E-state index contributed by atoms with van der Waals surface area (Å²) in [6.07, 6.45) is 6.40. The average Bonchev–Trinajstić information content (AvgIpc) is 2.75. The van der Waals surface area contributed by atoms with E-state index in [1.165, 1.54) is 17.7 Å². The van der Waals surface area contributed by atoms with E-state index >= 15 is 0 Å². The second-order valence-corrected chi connectivity index (χ2v) is 9.19. The lowest BCUT2D eigenvalue weighted by atomic mass is 10.1. The van der Waals surface area contributed by atoms with Gasteiger partial charge in [0.05, 0.1) is 18.8 Å². The van der Waals surface area contributed by atoms with Crippen molar-refractivity contribution in [1.29, 1.82) is 0 Å². The fraction of sp³-hybridized carbons (Fsp3) is 0.682. The van der Waals surface area contributed by atoms with E-state index in [1.54, 1.807) is 0 Å². The number of guanidine groups is 1. The molecule has 156 valence electrons. The van der Waals surface area contributed by atoms with Crippen molar-refractivity contribution in [3.8, 4) is 0 Å². The quantitative estimate of drug-likeness (QED) is 0.425. The maximum atomic E-state index is 6.13. The lowest BCUT2D eigenvalue weighted by Gasteiger charge is -2.35. The Bertz CT molecular complexity index is 585. The van der Waals surface area contributed by atoms with Crippen LogP contribution in [0.5, 0.6) is 0 Å². The van der Waals surface area contributed by atoms with Crippen LogP contribution in [0.3, 0.4) is 0 Å². The molecule has 3 rings (SSSR count). The molecule has 1 aromatic rings. The number of benzene rings is 1. The molecule has 1 aromatic carbocycles. The predicted molar refractivity (Wildman–Crippen MR) is 117 cm³/mol. The van der Waals surface area contributed by atoms with Gasteiger partial charge in [0.2, 0.25) is 0 Å². The molecule has 28 heavy (non-hydrogen) atoms. The maximum Gasteiger partial charge on any atom is 0.193 e. The van der Waals surface area contributed by atoms with E-state index < -0.39 is 0 Å². The molecule has 0 spiro atoms. The number of hydrogen-bond acceptors (Lipinski definition) is 4. The molecule has 5 nitrogen and oxygen atoms in total. The maximum absolute atomic E-state index is 6.13. The second kappa shape index (κ2) is 11.7. The third kappa shape index (κ3) is 6.98. The third-order valence-corrected chi connectivity index (χ3v) is 6.49. The van der Waals surface area contributed by atoms with Gasteiger partial charge in [-0.1, -0.05) is 25.1 Å². The van der Waals surface area contributed by atoms with Gasteiger partial charge in [-0.15, -0.1) is 11.8 Å². The van der Waals surface area contributed by atoms with Gasteiger partial charge >= 0.3 is 0 Å². The summed E-state index contributed by atoms with van der Waals surface area (Å²) < 4.78 is 11.9. The van der Waals surface area contributed by atoms with Gasteiger partial charge in [-0.25, -0.2) is 0 Å². The molecule has 2 atom stereocenters. The van der Waals surface area contributed by atoms with E-state index in [-0.39, 0.29) is 0 Å². The highest BCUT2D eigenvalue weighted by molar-refractivity contribution is 8.00. The van der Waals surface area contributed by atoms with Crippen LogP contribution >= 0.6 is 11.8 Å². The summed E-state index contributed by atoms with van der Waals surface area (Å²) in [5.74, 6) is 1.01. The lowest BCUT2D eigenvalue weighted by molar-refractivity contribution is -0.0721. The molecule has 2 heterocycles. The van der Waals surface area contributed by atoms with E-state index in [0.717, 1.165) is 58.1 Å². The highest BCUT2D eigenvalue weighted by atomic mass is 32.2. The molecule has 2 unspecified atom stereocenters. The zero-order valence-corrected chi connectivity index (χ0v) is 18.1. The van der Waals surface area contributed by atoms with Gasteiger partial charge in [-0.05, 0) is 44.2 Å². The Kier molecular flexibility index (Phi) is 8.96. The van der Waals surface area contributed by atoms with Crippen molar-refractivity contribution in [2.45, 2.75) is 61.4 Å². The fourth-order valence-electron chi connectivity index (χ4n) is 3.76. The van der Waals surface area contributed by atoms with E-state index in [1.807, 2.05) is 18.8 Å². The molecule has 2 saturated heterocycles. The van der Waals surface area contributed by atoms with Crippen molar-refractivity contribution < 1.29 is 9.47 Å². The summed E-state index contributed by atoms with van der Waals surface area (Å²) in [5, 5.41) is 4.03. The van der Waals surface area contributed by atoms with Crippen molar-refractivity contribution >= 4 is 17.7 Å². The molecule has 2 fully saturated rings. The minimum absolute atomic E-state index is 0.310. The van der Waals surface area contributed by atoms with Gasteiger partial charge in [0.15, 0.2) is 5.96 Å². The first kappa shape index (κ1) is 21.5. The fourth-order valence-corrected chi connectivity index (χ4v) is 4.70. The SMILES string of the molecule is CN=C(NCC(C)Sc1ccccc1)N1CCC(OCC2CCCCO2)CC1. The molecular formula is C22H35N3O2S. The third-order valence-electron chi connectivity index (χ3n) is 5.37. The van der Waals surface area contributed by atoms with Crippen LogP contribution in [0, 0.1) is 0 Å². The highest BCUT2D eigenvalue weighted by Gasteiger charge is 2.24. The molecule has 2 aliphatic heterocycles. The van der Waals surface area contributed by atoms with Gasteiger partial charge in [-0.2, -0.15) is 0 Å². The number of hydrogen-bond donors (Lipinski definition) is 1. The molecular weight excluding hydrogens is 370 g/mol. The first-order chi connectivity index (χ1) is 13.7. The van der Waals surface area contributed by atoms with Crippen LogP contribution in [0.2, 0.25) is 0 Å². The van der Waals surface area contributed by atoms with Crippen molar-refractivity contribution in [2.75, 3.05) is 39.9 Å². The Morgan fingerprint density at radius 1 is 1.25 bits per heavy atom. The van der Waals surface area contributed by atoms with E-state index in [2.05, 4.69) is 52.5 Å². The van der Waals surface area contributed by atoms with Crippen LogP contribution in [-0.2, 0) is 9.47 Å². The van der Waals surface area contributed by atoms with E-state index in [4.69, 9.17) is 9.47 Å². The molecule has 0 aliphatic carbocycles. The monoisotopic (exact) mass is 405 g/mol. The summed E-state index contributed by atoms with van der Waals surface area (Å²) in [6.45, 7) is 6.81. The number of piperidine rings is 1. The molecule has 6 heteroatoms. The Balaban J connectivity index is 1.35. The predicted octanol–water partition coefficient (Wildman–Crippen LogP) is 3.79. The zero-order chi connectivity index (χ0) is 19.6. The van der Waals surface area contributed by atoms with Crippen LogP contribution in [0.1, 0.15) is 39.0 Å². The minimum atomic E-state index is 0.310. The van der Waals surface area contributed by atoms with Crippen molar-refractivity contribution in [1.82, 2.24) is 10.2 Å². The van der Waals surface area contributed by atoms with Gasteiger partial charge < -0.3 is 19.7 Å². The van der Waals surface area contributed by atoms with E-state index in [9.17, 15) is 0 Å². The lowest BCUT2D eigenvalue weighted by Crippen LogP contribution is -2.48. The zero-order valence-electron chi connectivity index (χ0n) is 17.3. The molecule has 0 amide bonds. The number of nitrogens with zero attached hydrogens (tertiary/aromatic N) is 2. The highest BCUT2D eigenvalue weighted by Crippen LogP contribution is 2.22. The largest absolute Gasteiger partial charge is 0.376 e. The van der Waals surface area contributed by atoms with Crippen LogP contribution in [0.25, 0.3) is 0 Å².